The van der Waals surface area contributed by atoms with E-state index in [1.54, 1.807) is 32.1 Å². The van der Waals surface area contributed by atoms with E-state index in [1.165, 1.54) is 58.3 Å². The highest BCUT2D eigenvalue weighted by Crippen LogP contribution is 2.52. The first kappa shape index (κ1) is 15.8. The van der Waals surface area contributed by atoms with Gasteiger partial charge in [-0.3, -0.25) is 0 Å². The summed E-state index contributed by atoms with van der Waals surface area (Å²) < 4.78 is 0. The van der Waals surface area contributed by atoms with Crippen LogP contribution in [0.4, 0.5) is 0 Å². The molecular formula is C19H36N2. The number of hydrogen-bond donors (Lipinski definition) is 0. The normalized spacial score (nSPS) is 33.3. The Morgan fingerprint density at radius 1 is 0.952 bits per heavy atom. The van der Waals surface area contributed by atoms with Crippen molar-refractivity contribution in [1.82, 2.24) is 9.80 Å². The second-order valence-electron chi connectivity index (χ2n) is 8.55. The highest BCUT2D eigenvalue weighted by Gasteiger charge is 2.42. The zero-order chi connectivity index (χ0) is 14.7. The summed E-state index contributed by atoms with van der Waals surface area (Å²) >= 11 is 0. The lowest BCUT2D eigenvalue weighted by Gasteiger charge is -2.50. The summed E-state index contributed by atoms with van der Waals surface area (Å²) in [7, 11) is 4.38. The van der Waals surface area contributed by atoms with Gasteiger partial charge in [0.15, 0.2) is 0 Å². The van der Waals surface area contributed by atoms with Gasteiger partial charge in [-0.15, -0.1) is 0 Å². The summed E-state index contributed by atoms with van der Waals surface area (Å²) in [5.41, 5.74) is 0.760. The Morgan fingerprint density at radius 3 is 2.38 bits per heavy atom. The molecule has 122 valence electrons. The van der Waals surface area contributed by atoms with Gasteiger partial charge in [-0.2, -0.15) is 0 Å². The van der Waals surface area contributed by atoms with Gasteiger partial charge >= 0.3 is 0 Å². The van der Waals surface area contributed by atoms with E-state index < -0.39 is 0 Å². The summed E-state index contributed by atoms with van der Waals surface area (Å²) in [6, 6.07) is 0. The maximum atomic E-state index is 2.74. The van der Waals surface area contributed by atoms with Crippen LogP contribution >= 0.6 is 0 Å². The quantitative estimate of drug-likeness (QED) is 0.772. The van der Waals surface area contributed by atoms with E-state index in [9.17, 15) is 0 Å². The molecular weight excluding hydrogens is 256 g/mol. The van der Waals surface area contributed by atoms with Crippen molar-refractivity contribution in [2.75, 3.05) is 40.3 Å². The van der Waals surface area contributed by atoms with Crippen LogP contribution in [0.3, 0.4) is 0 Å². The van der Waals surface area contributed by atoms with Crippen molar-refractivity contribution in [3.63, 3.8) is 0 Å². The van der Waals surface area contributed by atoms with E-state index in [0.29, 0.717) is 0 Å². The lowest BCUT2D eigenvalue weighted by atomic mass is 9.58. The third kappa shape index (κ3) is 4.01. The lowest BCUT2D eigenvalue weighted by molar-refractivity contribution is 0.00590. The fraction of sp³-hybridized carbons (Fsp3) is 1.00. The van der Waals surface area contributed by atoms with Crippen molar-refractivity contribution < 1.29 is 0 Å². The molecule has 0 amide bonds. The summed E-state index contributed by atoms with van der Waals surface area (Å²) in [4.78, 5) is 5.05. The predicted molar refractivity (Wildman–Crippen MR) is 90.6 cm³/mol. The molecule has 2 saturated carbocycles. The number of likely N-dealkylation sites (tertiary alicyclic amines) is 1. The van der Waals surface area contributed by atoms with Crippen LogP contribution in [0.1, 0.15) is 64.2 Å². The maximum absolute atomic E-state index is 2.74. The molecule has 0 N–H and O–H groups in total. The van der Waals surface area contributed by atoms with E-state index in [1.807, 2.05) is 0 Å². The molecule has 2 heteroatoms. The molecule has 0 unspecified atom stereocenters. The first-order chi connectivity index (χ1) is 10.2. The molecule has 0 aromatic rings. The SMILES string of the molecule is CN(C)CCCN1CCC2(CC[C@H]3CCCC[C@@H]3C2)CC1. The van der Waals surface area contributed by atoms with Crippen molar-refractivity contribution >= 4 is 0 Å². The van der Waals surface area contributed by atoms with Gasteiger partial charge in [-0.25, -0.2) is 0 Å². The average Bonchev–Trinajstić information content (AvgIpc) is 2.49. The van der Waals surface area contributed by atoms with Gasteiger partial charge < -0.3 is 9.80 Å². The van der Waals surface area contributed by atoms with Crippen LogP contribution in [0, 0.1) is 17.3 Å². The lowest BCUT2D eigenvalue weighted by Crippen LogP contribution is -2.45. The average molecular weight is 293 g/mol. The molecule has 0 bridgehead atoms. The molecule has 3 fully saturated rings. The summed E-state index contributed by atoms with van der Waals surface area (Å²) in [6.45, 7) is 5.32. The molecule has 2 aliphatic carbocycles. The van der Waals surface area contributed by atoms with Crippen LogP contribution < -0.4 is 0 Å². The highest BCUT2D eigenvalue weighted by molar-refractivity contribution is 4.94. The van der Waals surface area contributed by atoms with Gasteiger partial charge in [0.1, 0.15) is 0 Å². The van der Waals surface area contributed by atoms with Crippen LogP contribution in [0.2, 0.25) is 0 Å². The first-order valence-electron chi connectivity index (χ1n) is 9.54. The molecule has 1 heterocycles. The molecule has 0 aromatic heterocycles. The monoisotopic (exact) mass is 292 g/mol. The Balaban J connectivity index is 1.44. The molecule has 21 heavy (non-hydrogen) atoms. The van der Waals surface area contributed by atoms with E-state index >= 15 is 0 Å². The van der Waals surface area contributed by atoms with Crippen molar-refractivity contribution in [1.29, 1.82) is 0 Å². The van der Waals surface area contributed by atoms with E-state index in [0.717, 1.165) is 17.3 Å². The third-order valence-corrected chi connectivity index (χ3v) is 6.80. The summed E-state index contributed by atoms with van der Waals surface area (Å²) in [5.74, 6) is 2.22. The van der Waals surface area contributed by atoms with Crippen molar-refractivity contribution in [3.05, 3.63) is 0 Å². The Labute approximate surface area is 132 Å². The molecule has 0 aromatic carbocycles. The van der Waals surface area contributed by atoms with E-state index in [2.05, 4.69) is 23.9 Å². The molecule has 1 aliphatic heterocycles. The second kappa shape index (κ2) is 7.00. The number of hydrogen-bond acceptors (Lipinski definition) is 2. The first-order valence-corrected chi connectivity index (χ1v) is 9.54. The Kier molecular flexibility index (Phi) is 5.27. The zero-order valence-electron chi connectivity index (χ0n) is 14.4. The van der Waals surface area contributed by atoms with Crippen LogP contribution in [0.5, 0.6) is 0 Å². The van der Waals surface area contributed by atoms with Gasteiger partial charge in [0.25, 0.3) is 0 Å². The van der Waals surface area contributed by atoms with Crippen LogP contribution in [-0.4, -0.2) is 50.1 Å². The van der Waals surface area contributed by atoms with Crippen molar-refractivity contribution in [3.8, 4) is 0 Å². The number of nitrogens with zero attached hydrogens (tertiary/aromatic N) is 2. The molecule has 3 aliphatic rings. The highest BCUT2D eigenvalue weighted by atomic mass is 15.1. The fourth-order valence-electron chi connectivity index (χ4n) is 5.40. The number of rotatable bonds is 4. The minimum atomic E-state index is 0.760. The van der Waals surface area contributed by atoms with Crippen LogP contribution in [0.15, 0.2) is 0 Å². The number of piperidine rings is 1. The minimum absolute atomic E-state index is 0.760. The van der Waals surface area contributed by atoms with Gasteiger partial charge in [0.2, 0.25) is 0 Å². The van der Waals surface area contributed by atoms with E-state index in [4.69, 9.17) is 0 Å². The minimum Gasteiger partial charge on any atom is -0.309 e. The smallest absolute Gasteiger partial charge is 0.000654 e. The van der Waals surface area contributed by atoms with Crippen LogP contribution in [-0.2, 0) is 0 Å². The fourth-order valence-corrected chi connectivity index (χ4v) is 5.40. The van der Waals surface area contributed by atoms with E-state index in [-0.39, 0.29) is 0 Å². The largest absolute Gasteiger partial charge is 0.309 e. The van der Waals surface area contributed by atoms with Gasteiger partial charge in [-0.1, -0.05) is 25.7 Å². The number of fused-ring (bicyclic) bond motifs is 1. The predicted octanol–water partition coefficient (Wildman–Crippen LogP) is 4.01. The standard InChI is InChI=1S/C19H36N2/c1-20(2)12-5-13-21-14-10-19(11-15-21)9-8-17-6-3-4-7-18(17)16-19/h17-18H,3-16H2,1-2H3/t17-,18-/m1/s1. The Hall–Kier alpha value is -0.0800. The van der Waals surface area contributed by atoms with Gasteiger partial charge in [0, 0.05) is 0 Å². The second-order valence-corrected chi connectivity index (χ2v) is 8.55. The summed E-state index contributed by atoms with van der Waals surface area (Å²) in [6.07, 6.45) is 15.2. The molecule has 1 spiro atoms. The van der Waals surface area contributed by atoms with Crippen molar-refractivity contribution in [2.24, 2.45) is 17.3 Å². The molecule has 2 atom stereocenters. The maximum Gasteiger partial charge on any atom is -0.000654 e. The van der Waals surface area contributed by atoms with Gasteiger partial charge in [0.05, 0.1) is 0 Å². The summed E-state index contributed by atoms with van der Waals surface area (Å²) in [5, 5.41) is 0. The molecule has 2 nitrogen and oxygen atoms in total. The molecule has 0 radical (unpaired) electrons. The van der Waals surface area contributed by atoms with Gasteiger partial charge in [-0.05, 0) is 96.1 Å². The Morgan fingerprint density at radius 2 is 1.67 bits per heavy atom. The molecule has 1 saturated heterocycles. The topological polar surface area (TPSA) is 6.48 Å². The zero-order valence-corrected chi connectivity index (χ0v) is 14.4. The Bertz CT molecular complexity index is 318. The van der Waals surface area contributed by atoms with Crippen molar-refractivity contribution in [2.45, 2.75) is 64.2 Å². The molecule has 3 rings (SSSR count). The third-order valence-electron chi connectivity index (χ3n) is 6.80. The van der Waals surface area contributed by atoms with Crippen LogP contribution in [0.25, 0.3) is 0 Å².